The van der Waals surface area contributed by atoms with Crippen LogP contribution in [0.25, 0.3) is 0 Å². The molecule has 20 heavy (non-hydrogen) atoms. The standard InChI is InChI=1S/C14H9ClF2O3/c15-9-2-1-3-12(13(9)14(18)19)20-7-8-4-5-10(16)11(17)6-8/h1-6H,7H2,(H,18,19). The first-order valence-electron chi connectivity index (χ1n) is 5.57. The first-order chi connectivity index (χ1) is 9.49. The van der Waals surface area contributed by atoms with Crippen LogP contribution in [0.3, 0.4) is 0 Å². The quantitative estimate of drug-likeness (QED) is 0.931. The first-order valence-corrected chi connectivity index (χ1v) is 5.95. The summed E-state index contributed by atoms with van der Waals surface area (Å²) >= 11 is 5.78. The number of hydrogen-bond donors (Lipinski definition) is 1. The molecule has 2 rings (SSSR count). The Kier molecular flexibility index (Phi) is 4.20. The minimum absolute atomic E-state index is 0.0419. The monoisotopic (exact) mass is 298 g/mol. The molecule has 0 aromatic heterocycles. The summed E-state index contributed by atoms with van der Waals surface area (Å²) < 4.78 is 31.1. The number of carboxylic acids is 1. The van der Waals surface area contributed by atoms with E-state index in [1.807, 2.05) is 0 Å². The van der Waals surface area contributed by atoms with Crippen molar-refractivity contribution >= 4 is 17.6 Å². The Morgan fingerprint density at radius 1 is 1.20 bits per heavy atom. The summed E-state index contributed by atoms with van der Waals surface area (Å²) in [7, 11) is 0. The average molecular weight is 299 g/mol. The molecule has 0 spiro atoms. The zero-order valence-corrected chi connectivity index (χ0v) is 10.8. The van der Waals surface area contributed by atoms with Crippen LogP contribution in [0, 0.1) is 11.6 Å². The fourth-order valence-corrected chi connectivity index (χ4v) is 1.87. The van der Waals surface area contributed by atoms with Gasteiger partial charge in [-0.15, -0.1) is 0 Å². The molecule has 2 aromatic carbocycles. The zero-order chi connectivity index (χ0) is 14.7. The van der Waals surface area contributed by atoms with Gasteiger partial charge in [-0.05, 0) is 29.8 Å². The van der Waals surface area contributed by atoms with Gasteiger partial charge in [0.25, 0.3) is 0 Å². The summed E-state index contributed by atoms with van der Waals surface area (Å²) in [5.74, 6) is -3.11. The lowest BCUT2D eigenvalue weighted by Gasteiger charge is -2.10. The molecule has 0 unspecified atom stereocenters. The molecule has 0 aliphatic carbocycles. The molecule has 6 heteroatoms. The van der Waals surface area contributed by atoms with Crippen LogP contribution in [0.2, 0.25) is 5.02 Å². The number of carbonyl (C=O) groups is 1. The number of ether oxygens (including phenoxy) is 1. The SMILES string of the molecule is O=C(O)c1c(Cl)cccc1OCc1ccc(F)c(F)c1. The van der Waals surface area contributed by atoms with Crippen molar-refractivity contribution in [2.24, 2.45) is 0 Å². The maximum atomic E-state index is 13.0. The highest BCUT2D eigenvalue weighted by molar-refractivity contribution is 6.33. The maximum Gasteiger partial charge on any atom is 0.341 e. The Balaban J connectivity index is 2.21. The molecule has 0 bridgehead atoms. The molecular weight excluding hydrogens is 290 g/mol. The van der Waals surface area contributed by atoms with Crippen molar-refractivity contribution in [3.05, 3.63) is 64.2 Å². The predicted molar refractivity (Wildman–Crippen MR) is 69.1 cm³/mol. The Bertz CT molecular complexity index is 659. The smallest absolute Gasteiger partial charge is 0.341 e. The average Bonchev–Trinajstić information content (AvgIpc) is 2.39. The molecule has 0 saturated carbocycles. The van der Waals surface area contributed by atoms with Crippen LogP contribution in [0.5, 0.6) is 5.75 Å². The largest absolute Gasteiger partial charge is 0.488 e. The maximum absolute atomic E-state index is 13.0. The van der Waals surface area contributed by atoms with Crippen molar-refractivity contribution in [1.29, 1.82) is 0 Å². The first kappa shape index (κ1) is 14.3. The van der Waals surface area contributed by atoms with E-state index in [1.165, 1.54) is 24.3 Å². The van der Waals surface area contributed by atoms with Crippen LogP contribution in [0.1, 0.15) is 15.9 Å². The molecule has 0 fully saturated rings. The van der Waals surface area contributed by atoms with Gasteiger partial charge >= 0.3 is 5.97 Å². The Morgan fingerprint density at radius 3 is 2.60 bits per heavy atom. The van der Waals surface area contributed by atoms with Crippen LogP contribution >= 0.6 is 11.6 Å². The summed E-state index contributed by atoms with van der Waals surface area (Å²) in [6, 6.07) is 7.72. The van der Waals surface area contributed by atoms with E-state index in [0.717, 1.165) is 12.1 Å². The second-order valence-electron chi connectivity index (χ2n) is 3.96. The lowest BCUT2D eigenvalue weighted by Crippen LogP contribution is -2.04. The van der Waals surface area contributed by atoms with Gasteiger partial charge in [0.15, 0.2) is 11.6 Å². The highest BCUT2D eigenvalue weighted by Gasteiger charge is 2.15. The Labute approximate surface area is 118 Å². The molecule has 3 nitrogen and oxygen atoms in total. The van der Waals surface area contributed by atoms with E-state index in [9.17, 15) is 13.6 Å². The number of rotatable bonds is 4. The lowest BCUT2D eigenvalue weighted by molar-refractivity contribution is 0.0692. The normalized spacial score (nSPS) is 10.3. The molecule has 0 atom stereocenters. The minimum atomic E-state index is -1.23. The highest BCUT2D eigenvalue weighted by Crippen LogP contribution is 2.27. The third-order valence-corrected chi connectivity index (χ3v) is 2.88. The van der Waals surface area contributed by atoms with E-state index < -0.39 is 17.6 Å². The van der Waals surface area contributed by atoms with Crippen molar-refractivity contribution in [1.82, 2.24) is 0 Å². The van der Waals surface area contributed by atoms with Gasteiger partial charge < -0.3 is 9.84 Å². The van der Waals surface area contributed by atoms with Gasteiger partial charge in [-0.25, -0.2) is 13.6 Å². The number of halogens is 3. The number of carboxylic acid groups (broad SMARTS) is 1. The number of aromatic carboxylic acids is 1. The second kappa shape index (κ2) is 5.88. The summed E-state index contributed by atoms with van der Waals surface area (Å²) in [5.41, 5.74) is 0.206. The molecule has 0 aliphatic rings. The van der Waals surface area contributed by atoms with Gasteiger partial charge in [-0.1, -0.05) is 23.7 Å². The van der Waals surface area contributed by atoms with Crippen LogP contribution < -0.4 is 4.74 Å². The van der Waals surface area contributed by atoms with Gasteiger partial charge in [-0.3, -0.25) is 0 Å². The Morgan fingerprint density at radius 2 is 1.95 bits per heavy atom. The zero-order valence-electron chi connectivity index (χ0n) is 10.1. The molecule has 0 heterocycles. The highest BCUT2D eigenvalue weighted by atomic mass is 35.5. The third-order valence-electron chi connectivity index (χ3n) is 2.57. The predicted octanol–water partition coefficient (Wildman–Crippen LogP) is 3.90. The van der Waals surface area contributed by atoms with Gasteiger partial charge in [0.2, 0.25) is 0 Å². The molecule has 0 amide bonds. The van der Waals surface area contributed by atoms with Crippen LogP contribution in [0.4, 0.5) is 8.78 Å². The van der Waals surface area contributed by atoms with Gasteiger partial charge in [0.1, 0.15) is 17.9 Å². The fourth-order valence-electron chi connectivity index (χ4n) is 1.62. The summed E-state index contributed by atoms with van der Waals surface area (Å²) in [6.45, 7) is -0.0994. The molecule has 0 radical (unpaired) electrons. The Hall–Kier alpha value is -2.14. The van der Waals surface area contributed by atoms with Crippen LogP contribution in [0.15, 0.2) is 36.4 Å². The summed E-state index contributed by atoms with van der Waals surface area (Å²) in [4.78, 5) is 11.1. The van der Waals surface area contributed by atoms with E-state index in [0.29, 0.717) is 5.56 Å². The summed E-state index contributed by atoms with van der Waals surface area (Å²) in [6.07, 6.45) is 0. The number of benzene rings is 2. The van der Waals surface area contributed by atoms with E-state index in [4.69, 9.17) is 21.4 Å². The van der Waals surface area contributed by atoms with E-state index >= 15 is 0 Å². The van der Waals surface area contributed by atoms with Gasteiger partial charge in [0, 0.05) is 0 Å². The molecule has 0 aliphatic heterocycles. The third kappa shape index (κ3) is 3.05. The van der Waals surface area contributed by atoms with Crippen molar-refractivity contribution in [3.8, 4) is 5.75 Å². The van der Waals surface area contributed by atoms with E-state index in [-0.39, 0.29) is 22.9 Å². The van der Waals surface area contributed by atoms with Crippen molar-refractivity contribution in [3.63, 3.8) is 0 Å². The van der Waals surface area contributed by atoms with Crippen LogP contribution in [-0.2, 0) is 6.61 Å². The lowest BCUT2D eigenvalue weighted by atomic mass is 10.2. The molecular formula is C14H9ClF2O3. The summed E-state index contributed by atoms with van der Waals surface area (Å²) in [5, 5.41) is 9.09. The van der Waals surface area contributed by atoms with Crippen molar-refractivity contribution in [2.75, 3.05) is 0 Å². The minimum Gasteiger partial charge on any atom is -0.488 e. The fraction of sp³-hybridized carbons (Fsp3) is 0.0714. The topological polar surface area (TPSA) is 46.5 Å². The second-order valence-corrected chi connectivity index (χ2v) is 4.36. The van der Waals surface area contributed by atoms with E-state index in [2.05, 4.69) is 0 Å². The molecule has 2 aromatic rings. The molecule has 1 N–H and O–H groups in total. The number of hydrogen-bond acceptors (Lipinski definition) is 2. The van der Waals surface area contributed by atoms with E-state index in [1.54, 1.807) is 0 Å². The van der Waals surface area contributed by atoms with Crippen LogP contribution in [-0.4, -0.2) is 11.1 Å². The van der Waals surface area contributed by atoms with Crippen molar-refractivity contribution < 1.29 is 23.4 Å². The van der Waals surface area contributed by atoms with Gasteiger partial charge in [-0.2, -0.15) is 0 Å². The molecule has 0 saturated heterocycles. The van der Waals surface area contributed by atoms with Crippen molar-refractivity contribution in [2.45, 2.75) is 6.61 Å². The van der Waals surface area contributed by atoms with Gasteiger partial charge in [0.05, 0.1) is 5.02 Å². The molecule has 104 valence electrons.